The summed E-state index contributed by atoms with van der Waals surface area (Å²) < 4.78 is 4.88. The Morgan fingerprint density at radius 3 is 2.26 bits per heavy atom. The van der Waals surface area contributed by atoms with Crippen LogP contribution in [0.25, 0.3) is 11.1 Å². The van der Waals surface area contributed by atoms with Gasteiger partial charge in [-0.1, -0.05) is 12.1 Å². The first-order chi connectivity index (χ1) is 8.95. The van der Waals surface area contributed by atoms with Crippen molar-refractivity contribution < 1.29 is 9.53 Å². The summed E-state index contributed by atoms with van der Waals surface area (Å²) in [6, 6.07) is 4.33. The quantitative estimate of drug-likeness (QED) is 0.757. The fourth-order valence-corrected chi connectivity index (χ4v) is 3.23. The van der Waals surface area contributed by atoms with Crippen LogP contribution in [0.5, 0.6) is 0 Å². The number of hydrogen-bond acceptors (Lipinski definition) is 3. The Kier molecular flexibility index (Phi) is 3.76. The number of methoxy groups -OCH3 is 1. The van der Waals surface area contributed by atoms with Crippen LogP contribution in [0.1, 0.15) is 31.9 Å². The van der Waals surface area contributed by atoms with Gasteiger partial charge in [0.25, 0.3) is 0 Å². The Bertz CT molecular complexity index is 638. The molecule has 1 aromatic heterocycles. The Morgan fingerprint density at radius 1 is 1.00 bits per heavy atom. The molecule has 3 heteroatoms. The number of ether oxygens (including phenoxy) is 1. The molecule has 100 valence electrons. The molecule has 0 unspecified atom stereocenters. The van der Waals surface area contributed by atoms with Gasteiger partial charge in [-0.05, 0) is 60.9 Å². The number of carbonyl (C=O) groups excluding carboxylic acids is 1. The third kappa shape index (κ3) is 2.43. The molecular formula is C16H18O2S. The second-order valence-electron chi connectivity index (χ2n) is 4.87. The van der Waals surface area contributed by atoms with Crippen LogP contribution in [-0.4, -0.2) is 13.1 Å². The molecule has 0 atom stereocenters. The van der Waals surface area contributed by atoms with Crippen molar-refractivity contribution in [1.29, 1.82) is 0 Å². The van der Waals surface area contributed by atoms with Gasteiger partial charge in [-0.25, -0.2) is 4.79 Å². The van der Waals surface area contributed by atoms with Gasteiger partial charge in [0.05, 0.1) is 7.11 Å². The van der Waals surface area contributed by atoms with E-state index in [4.69, 9.17) is 4.74 Å². The highest BCUT2D eigenvalue weighted by Gasteiger charge is 2.19. The van der Waals surface area contributed by atoms with Gasteiger partial charge in [-0.3, -0.25) is 0 Å². The van der Waals surface area contributed by atoms with Crippen LogP contribution in [0.2, 0.25) is 0 Å². The minimum absolute atomic E-state index is 0.259. The number of thiophene rings is 1. The Morgan fingerprint density at radius 2 is 1.63 bits per heavy atom. The molecule has 0 bridgehead atoms. The molecule has 0 aliphatic rings. The highest BCUT2D eigenvalue weighted by atomic mass is 32.1. The number of rotatable bonds is 2. The van der Waals surface area contributed by atoms with Crippen molar-refractivity contribution >= 4 is 17.3 Å². The summed E-state index contributed by atoms with van der Waals surface area (Å²) in [6.45, 7) is 8.32. The monoisotopic (exact) mass is 274 g/mol. The lowest BCUT2D eigenvalue weighted by Crippen LogP contribution is -2.01. The van der Waals surface area contributed by atoms with Crippen LogP contribution < -0.4 is 0 Å². The summed E-state index contributed by atoms with van der Waals surface area (Å²) in [7, 11) is 1.43. The van der Waals surface area contributed by atoms with Gasteiger partial charge in [-0.2, -0.15) is 0 Å². The molecule has 19 heavy (non-hydrogen) atoms. The van der Waals surface area contributed by atoms with E-state index < -0.39 is 0 Å². The van der Waals surface area contributed by atoms with Gasteiger partial charge >= 0.3 is 5.97 Å². The first-order valence-electron chi connectivity index (χ1n) is 6.20. The predicted molar refractivity (Wildman–Crippen MR) is 80.0 cm³/mol. The van der Waals surface area contributed by atoms with Crippen LogP contribution in [-0.2, 0) is 4.74 Å². The lowest BCUT2D eigenvalue weighted by molar-refractivity contribution is 0.0607. The molecule has 0 fully saturated rings. The van der Waals surface area contributed by atoms with Gasteiger partial charge in [0, 0.05) is 5.56 Å². The van der Waals surface area contributed by atoms with E-state index in [2.05, 4.69) is 32.9 Å². The topological polar surface area (TPSA) is 26.3 Å². The fraction of sp³-hybridized carbons (Fsp3) is 0.312. The smallest absolute Gasteiger partial charge is 0.348 e. The SMILES string of the molecule is COC(=O)c1scc(C)c1-c1cc(C)c(C)cc1C. The zero-order valence-electron chi connectivity index (χ0n) is 12.0. The molecule has 0 aliphatic heterocycles. The summed E-state index contributed by atoms with van der Waals surface area (Å²) in [5.41, 5.74) is 6.96. The van der Waals surface area contributed by atoms with Gasteiger partial charge in [-0.15, -0.1) is 11.3 Å². The van der Waals surface area contributed by atoms with Gasteiger partial charge in [0.15, 0.2) is 0 Å². The highest BCUT2D eigenvalue weighted by Crippen LogP contribution is 2.36. The largest absolute Gasteiger partial charge is 0.465 e. The fourth-order valence-electron chi connectivity index (χ4n) is 2.25. The van der Waals surface area contributed by atoms with E-state index in [9.17, 15) is 4.79 Å². The summed E-state index contributed by atoms with van der Waals surface area (Å²) in [4.78, 5) is 12.6. The third-order valence-electron chi connectivity index (χ3n) is 3.46. The lowest BCUT2D eigenvalue weighted by Gasteiger charge is -2.11. The summed E-state index contributed by atoms with van der Waals surface area (Å²) >= 11 is 1.45. The van der Waals surface area contributed by atoms with Crippen LogP contribution >= 0.6 is 11.3 Å². The number of carbonyl (C=O) groups is 1. The highest BCUT2D eigenvalue weighted by molar-refractivity contribution is 7.12. The van der Waals surface area contributed by atoms with Crippen LogP contribution in [0, 0.1) is 27.7 Å². The Balaban J connectivity index is 2.68. The van der Waals surface area contributed by atoms with E-state index in [1.807, 2.05) is 12.3 Å². The van der Waals surface area contributed by atoms with Crippen LogP contribution in [0.3, 0.4) is 0 Å². The molecule has 0 aliphatic carbocycles. The molecule has 2 aromatic rings. The zero-order chi connectivity index (χ0) is 14.2. The maximum atomic E-state index is 11.9. The van der Waals surface area contributed by atoms with Gasteiger partial charge in [0.1, 0.15) is 4.88 Å². The van der Waals surface area contributed by atoms with E-state index in [0.717, 1.165) is 16.7 Å². The average Bonchev–Trinajstić information content (AvgIpc) is 2.75. The molecule has 0 N–H and O–H groups in total. The average molecular weight is 274 g/mol. The molecule has 0 spiro atoms. The number of esters is 1. The van der Waals surface area contributed by atoms with Gasteiger partial charge < -0.3 is 4.74 Å². The molecule has 2 nitrogen and oxygen atoms in total. The number of aryl methyl sites for hydroxylation is 4. The first kappa shape index (κ1) is 13.8. The molecule has 1 heterocycles. The van der Waals surface area contributed by atoms with E-state index in [1.165, 1.54) is 35.1 Å². The van der Waals surface area contributed by atoms with E-state index in [-0.39, 0.29) is 5.97 Å². The minimum atomic E-state index is -0.259. The zero-order valence-corrected chi connectivity index (χ0v) is 12.8. The summed E-state index contributed by atoms with van der Waals surface area (Å²) in [5.74, 6) is -0.259. The minimum Gasteiger partial charge on any atom is -0.465 e. The van der Waals surface area contributed by atoms with E-state index in [1.54, 1.807) is 0 Å². The maximum Gasteiger partial charge on any atom is 0.348 e. The van der Waals surface area contributed by atoms with E-state index >= 15 is 0 Å². The summed E-state index contributed by atoms with van der Waals surface area (Å²) in [5, 5.41) is 2.01. The van der Waals surface area contributed by atoms with Crippen molar-refractivity contribution in [2.75, 3.05) is 7.11 Å². The normalized spacial score (nSPS) is 10.6. The van der Waals surface area contributed by atoms with E-state index in [0.29, 0.717) is 4.88 Å². The predicted octanol–water partition coefficient (Wildman–Crippen LogP) is 4.44. The molecule has 0 amide bonds. The lowest BCUT2D eigenvalue weighted by atomic mass is 9.94. The van der Waals surface area contributed by atoms with Crippen molar-refractivity contribution in [3.63, 3.8) is 0 Å². The van der Waals surface area contributed by atoms with Crippen molar-refractivity contribution in [3.05, 3.63) is 44.6 Å². The maximum absolute atomic E-state index is 11.9. The van der Waals surface area contributed by atoms with Gasteiger partial charge in [0.2, 0.25) is 0 Å². The summed E-state index contributed by atoms with van der Waals surface area (Å²) in [6.07, 6.45) is 0. The molecular weight excluding hydrogens is 256 g/mol. The van der Waals surface area contributed by atoms with Crippen LogP contribution in [0.15, 0.2) is 17.5 Å². The second kappa shape index (κ2) is 5.17. The second-order valence-corrected chi connectivity index (χ2v) is 5.75. The molecule has 0 saturated carbocycles. The molecule has 2 rings (SSSR count). The van der Waals surface area contributed by atoms with Crippen molar-refractivity contribution in [2.45, 2.75) is 27.7 Å². The first-order valence-corrected chi connectivity index (χ1v) is 7.08. The number of benzene rings is 1. The Labute approximate surface area is 118 Å². The number of hydrogen-bond donors (Lipinski definition) is 0. The van der Waals surface area contributed by atoms with Crippen molar-refractivity contribution in [1.82, 2.24) is 0 Å². The third-order valence-corrected chi connectivity index (χ3v) is 4.53. The standard InChI is InChI=1S/C16H18O2S/c1-9-6-11(3)13(7-10(9)2)14-12(4)8-19-15(14)16(17)18-5/h6-8H,1-5H3. The molecule has 0 saturated heterocycles. The van der Waals surface area contributed by atoms with Crippen LogP contribution in [0.4, 0.5) is 0 Å². The van der Waals surface area contributed by atoms with Crippen molar-refractivity contribution in [2.24, 2.45) is 0 Å². The Hall–Kier alpha value is -1.61. The molecule has 1 aromatic carbocycles. The molecule has 0 radical (unpaired) electrons. The van der Waals surface area contributed by atoms with Crippen molar-refractivity contribution in [3.8, 4) is 11.1 Å².